The molecule has 0 unspecified atom stereocenters. The van der Waals surface area contributed by atoms with Crippen LogP contribution in [0.4, 0.5) is 11.5 Å². The summed E-state index contributed by atoms with van der Waals surface area (Å²) in [5.41, 5.74) is 8.64. The van der Waals surface area contributed by atoms with Crippen molar-refractivity contribution in [3.05, 3.63) is 59.7 Å². The van der Waals surface area contributed by atoms with Crippen LogP contribution >= 0.6 is 0 Å². The third-order valence-electron chi connectivity index (χ3n) is 5.52. The molecule has 4 rings (SSSR count). The molecule has 3 aromatic rings. The van der Waals surface area contributed by atoms with Gasteiger partial charge < -0.3 is 16.0 Å². The van der Waals surface area contributed by atoms with Crippen LogP contribution in [0.2, 0.25) is 0 Å². The maximum Gasteiger partial charge on any atom is 0.180 e. The number of carbonyl (C=O) groups is 1. The van der Waals surface area contributed by atoms with Crippen molar-refractivity contribution in [3.63, 3.8) is 0 Å². The van der Waals surface area contributed by atoms with Crippen molar-refractivity contribution in [1.82, 2.24) is 4.98 Å². The number of nitrogens with two attached hydrogens (primary N) is 1. The number of nitrogens with one attached hydrogen (secondary N) is 1. The Morgan fingerprint density at radius 3 is 2.77 bits per heavy atom. The monoisotopic (exact) mass is 438 g/mol. The number of fused-ring (bicyclic) bond motifs is 2. The van der Waals surface area contributed by atoms with E-state index in [1.165, 1.54) is 0 Å². The van der Waals surface area contributed by atoms with Crippen molar-refractivity contribution in [2.45, 2.75) is 24.8 Å². The Bertz CT molecular complexity index is 1240. The van der Waals surface area contributed by atoms with Gasteiger partial charge in [-0.2, -0.15) is 0 Å². The summed E-state index contributed by atoms with van der Waals surface area (Å²) in [7, 11) is -3.34. The standard InChI is InChI=1S/C23H26N4O3S/c1-16(28)17-7-8-20-19(13-17)21(25-10-4-9-24)14-23(26-20)27-11-12-31(29,30)22-6-3-2-5-18(22)15-27/h2-3,5-8,13-14H,4,9-12,15,24H2,1H3,(H,25,26). The SMILES string of the molecule is CC(=O)c1ccc2nc(N3CCS(=O)(=O)c4ccccc4C3)cc(NCCCN)c2c1. The van der Waals surface area contributed by atoms with Crippen LogP contribution in [-0.4, -0.2) is 44.6 Å². The number of ketones is 1. The molecule has 0 aliphatic carbocycles. The molecule has 1 aliphatic heterocycles. The van der Waals surface area contributed by atoms with Crippen LogP contribution in [0.3, 0.4) is 0 Å². The number of hydrogen-bond acceptors (Lipinski definition) is 7. The highest BCUT2D eigenvalue weighted by atomic mass is 32.2. The topological polar surface area (TPSA) is 105 Å². The van der Waals surface area contributed by atoms with E-state index in [9.17, 15) is 13.2 Å². The summed E-state index contributed by atoms with van der Waals surface area (Å²) in [6.07, 6.45) is 0.806. The summed E-state index contributed by atoms with van der Waals surface area (Å²) in [4.78, 5) is 19.1. The second kappa shape index (κ2) is 8.64. The Hall–Kier alpha value is -2.97. The van der Waals surface area contributed by atoms with Gasteiger partial charge in [-0.15, -0.1) is 0 Å². The van der Waals surface area contributed by atoms with E-state index < -0.39 is 9.84 Å². The van der Waals surface area contributed by atoms with Crippen molar-refractivity contribution in [1.29, 1.82) is 0 Å². The first kappa shape index (κ1) is 21.3. The number of anilines is 2. The Labute approximate surface area is 182 Å². The van der Waals surface area contributed by atoms with Crippen molar-refractivity contribution >= 4 is 38.0 Å². The van der Waals surface area contributed by atoms with Gasteiger partial charge in [0.25, 0.3) is 0 Å². The quantitative estimate of drug-likeness (QED) is 0.450. The molecule has 0 spiro atoms. The smallest absolute Gasteiger partial charge is 0.180 e. The maximum absolute atomic E-state index is 12.7. The number of benzene rings is 2. The van der Waals surface area contributed by atoms with E-state index in [-0.39, 0.29) is 11.5 Å². The minimum atomic E-state index is -3.34. The molecule has 0 amide bonds. The van der Waals surface area contributed by atoms with Crippen molar-refractivity contribution < 1.29 is 13.2 Å². The van der Waals surface area contributed by atoms with Gasteiger partial charge in [0.05, 0.1) is 16.2 Å². The molecule has 0 saturated carbocycles. The zero-order valence-corrected chi connectivity index (χ0v) is 18.3. The molecule has 0 fully saturated rings. The van der Waals surface area contributed by atoms with Crippen LogP contribution in [0, 0.1) is 0 Å². The fourth-order valence-electron chi connectivity index (χ4n) is 3.82. The van der Waals surface area contributed by atoms with Crippen LogP contribution in [0.5, 0.6) is 0 Å². The molecule has 0 saturated heterocycles. The van der Waals surface area contributed by atoms with Gasteiger partial charge in [0.2, 0.25) is 0 Å². The Balaban J connectivity index is 1.78. The Morgan fingerprint density at radius 1 is 1.19 bits per heavy atom. The average Bonchev–Trinajstić information content (AvgIpc) is 2.89. The number of rotatable bonds is 6. The molecule has 2 heterocycles. The lowest BCUT2D eigenvalue weighted by Gasteiger charge is -2.23. The molecule has 0 radical (unpaired) electrons. The maximum atomic E-state index is 12.7. The third-order valence-corrected chi connectivity index (χ3v) is 7.31. The summed E-state index contributed by atoms with van der Waals surface area (Å²) in [5, 5.41) is 4.27. The Morgan fingerprint density at radius 2 is 2.00 bits per heavy atom. The predicted octanol–water partition coefficient (Wildman–Crippen LogP) is 2.99. The fourth-order valence-corrected chi connectivity index (χ4v) is 5.32. The van der Waals surface area contributed by atoms with Gasteiger partial charge in [0, 0.05) is 42.3 Å². The molecule has 1 aromatic heterocycles. The lowest BCUT2D eigenvalue weighted by Crippen LogP contribution is -2.26. The highest BCUT2D eigenvalue weighted by Gasteiger charge is 2.26. The first-order valence-corrected chi connectivity index (χ1v) is 12.0. The van der Waals surface area contributed by atoms with E-state index in [2.05, 4.69) is 5.32 Å². The summed E-state index contributed by atoms with van der Waals surface area (Å²) in [6, 6.07) is 14.5. The summed E-state index contributed by atoms with van der Waals surface area (Å²) >= 11 is 0. The van der Waals surface area contributed by atoms with E-state index >= 15 is 0 Å². The van der Waals surface area contributed by atoms with Crippen LogP contribution in [0.25, 0.3) is 10.9 Å². The first-order chi connectivity index (χ1) is 14.9. The number of hydrogen-bond donors (Lipinski definition) is 2. The third kappa shape index (κ3) is 4.40. The first-order valence-electron chi connectivity index (χ1n) is 10.3. The van der Waals surface area contributed by atoms with Crippen LogP contribution in [0.1, 0.15) is 29.3 Å². The minimum Gasteiger partial charge on any atom is -0.384 e. The van der Waals surface area contributed by atoms with Gasteiger partial charge in [-0.3, -0.25) is 4.79 Å². The number of Topliss-reactive ketones (excluding diaryl/α,β-unsaturated/α-hetero) is 1. The van der Waals surface area contributed by atoms with Crippen LogP contribution < -0.4 is 16.0 Å². The summed E-state index contributed by atoms with van der Waals surface area (Å²) < 4.78 is 25.4. The van der Waals surface area contributed by atoms with Crippen LogP contribution in [0.15, 0.2) is 53.4 Å². The molecule has 31 heavy (non-hydrogen) atoms. The summed E-state index contributed by atoms with van der Waals surface area (Å²) in [6.45, 7) is 3.61. The van der Waals surface area contributed by atoms with Crippen molar-refractivity contribution in [2.24, 2.45) is 5.73 Å². The average molecular weight is 439 g/mol. The van der Waals surface area contributed by atoms with Crippen LogP contribution in [-0.2, 0) is 16.4 Å². The molecule has 162 valence electrons. The number of aromatic nitrogens is 1. The highest BCUT2D eigenvalue weighted by Crippen LogP contribution is 2.31. The molecule has 1 aliphatic rings. The van der Waals surface area contributed by atoms with E-state index in [0.717, 1.165) is 28.6 Å². The number of pyridine rings is 1. The normalized spacial score (nSPS) is 15.4. The molecule has 8 heteroatoms. The predicted molar refractivity (Wildman–Crippen MR) is 123 cm³/mol. The number of carbonyl (C=O) groups excluding carboxylic acids is 1. The molecular formula is C23H26N4O3S. The number of nitrogens with zero attached hydrogens (tertiary/aromatic N) is 2. The van der Waals surface area contributed by atoms with Gasteiger partial charge in [-0.1, -0.05) is 18.2 Å². The molecule has 3 N–H and O–H groups in total. The lowest BCUT2D eigenvalue weighted by molar-refractivity contribution is 0.101. The van der Waals surface area contributed by atoms with E-state index in [1.807, 2.05) is 35.2 Å². The lowest BCUT2D eigenvalue weighted by atomic mass is 10.1. The molecule has 0 bridgehead atoms. The molecular weight excluding hydrogens is 412 g/mol. The second-order valence-electron chi connectivity index (χ2n) is 7.73. The minimum absolute atomic E-state index is 0.00628. The van der Waals surface area contributed by atoms with Gasteiger partial charge in [-0.05, 0) is 49.7 Å². The zero-order valence-electron chi connectivity index (χ0n) is 17.5. The number of sulfone groups is 1. The van der Waals surface area contributed by atoms with Gasteiger partial charge in [0.15, 0.2) is 15.6 Å². The van der Waals surface area contributed by atoms with Crippen molar-refractivity contribution in [2.75, 3.05) is 35.6 Å². The molecule has 0 atom stereocenters. The largest absolute Gasteiger partial charge is 0.384 e. The zero-order chi connectivity index (χ0) is 22.0. The van der Waals surface area contributed by atoms with Gasteiger partial charge >= 0.3 is 0 Å². The van der Waals surface area contributed by atoms with Crippen molar-refractivity contribution in [3.8, 4) is 0 Å². The summed E-state index contributed by atoms with van der Waals surface area (Å²) in [5.74, 6) is 0.724. The highest BCUT2D eigenvalue weighted by molar-refractivity contribution is 7.91. The molecule has 7 nitrogen and oxygen atoms in total. The van der Waals surface area contributed by atoms with E-state index in [4.69, 9.17) is 10.7 Å². The Kier molecular flexibility index (Phi) is 5.93. The van der Waals surface area contributed by atoms with Gasteiger partial charge in [0.1, 0.15) is 5.82 Å². The second-order valence-corrected chi connectivity index (χ2v) is 9.81. The van der Waals surface area contributed by atoms with E-state index in [1.54, 1.807) is 25.1 Å². The van der Waals surface area contributed by atoms with E-state index in [0.29, 0.717) is 42.5 Å². The van der Waals surface area contributed by atoms with Gasteiger partial charge in [-0.25, -0.2) is 13.4 Å². The molecule has 2 aromatic carbocycles. The fraction of sp³-hybridized carbons (Fsp3) is 0.304.